The fraction of sp³-hybridized carbons (Fsp3) is 0.867. The molecule has 2 unspecified atom stereocenters. The van der Waals surface area contributed by atoms with E-state index in [0.29, 0.717) is 19.0 Å². The Balaban J connectivity index is 1.96. The van der Waals surface area contributed by atoms with Crippen LogP contribution in [0.3, 0.4) is 0 Å². The van der Waals surface area contributed by atoms with E-state index < -0.39 is 12.0 Å². The summed E-state index contributed by atoms with van der Waals surface area (Å²) in [7, 11) is 0. The maximum absolute atomic E-state index is 12.4. The standard InChI is InChI=1S/C15H27N3O3/c1-10(2)7-13(14(19)20)16-15(21)18-9-12-5-4-6-17(12)8-11(18)3/h10-13H,4-9H2,1-3H3,(H,16,21)(H,19,20)/t11?,12?,13-/m0/s1. The predicted octanol–water partition coefficient (Wildman–Crippen LogP) is 1.36. The van der Waals surface area contributed by atoms with Crippen LogP contribution in [-0.4, -0.2) is 64.7 Å². The first-order chi connectivity index (χ1) is 9.88. The number of amides is 2. The van der Waals surface area contributed by atoms with E-state index in [-0.39, 0.29) is 18.0 Å². The van der Waals surface area contributed by atoms with Crippen molar-refractivity contribution in [2.45, 2.75) is 58.2 Å². The van der Waals surface area contributed by atoms with Gasteiger partial charge in [-0.15, -0.1) is 0 Å². The molecule has 2 aliphatic rings. The zero-order valence-corrected chi connectivity index (χ0v) is 13.2. The number of fused-ring (bicyclic) bond motifs is 1. The first-order valence-corrected chi connectivity index (χ1v) is 7.92. The summed E-state index contributed by atoms with van der Waals surface area (Å²) in [4.78, 5) is 28.0. The molecule has 0 aromatic heterocycles. The highest BCUT2D eigenvalue weighted by Gasteiger charge is 2.37. The SMILES string of the molecule is CC(C)C[C@H](NC(=O)N1CC2CCCN2CC1C)C(=O)O. The highest BCUT2D eigenvalue weighted by Crippen LogP contribution is 2.24. The molecule has 6 nitrogen and oxygen atoms in total. The van der Waals surface area contributed by atoms with Gasteiger partial charge in [-0.2, -0.15) is 0 Å². The van der Waals surface area contributed by atoms with Crippen molar-refractivity contribution in [1.29, 1.82) is 0 Å². The lowest BCUT2D eigenvalue weighted by molar-refractivity contribution is -0.139. The molecule has 2 fully saturated rings. The maximum Gasteiger partial charge on any atom is 0.326 e. The van der Waals surface area contributed by atoms with Crippen LogP contribution in [0.15, 0.2) is 0 Å². The quantitative estimate of drug-likeness (QED) is 0.822. The first kappa shape index (κ1) is 16.1. The van der Waals surface area contributed by atoms with Crippen molar-refractivity contribution in [3.63, 3.8) is 0 Å². The fourth-order valence-electron chi connectivity index (χ4n) is 3.40. The minimum Gasteiger partial charge on any atom is -0.480 e. The Hall–Kier alpha value is -1.30. The van der Waals surface area contributed by atoms with Crippen LogP contribution in [0.1, 0.15) is 40.0 Å². The number of nitrogens with one attached hydrogen (secondary N) is 1. The van der Waals surface area contributed by atoms with Crippen molar-refractivity contribution in [2.75, 3.05) is 19.6 Å². The molecule has 0 saturated carbocycles. The molecule has 2 rings (SSSR count). The Morgan fingerprint density at radius 1 is 1.33 bits per heavy atom. The third-order valence-electron chi connectivity index (χ3n) is 4.50. The molecule has 0 aromatic rings. The molecular weight excluding hydrogens is 270 g/mol. The molecule has 2 amide bonds. The lowest BCUT2D eigenvalue weighted by atomic mass is 10.0. The summed E-state index contributed by atoms with van der Waals surface area (Å²) in [5.74, 6) is -0.722. The van der Waals surface area contributed by atoms with Crippen LogP contribution in [-0.2, 0) is 4.79 Å². The molecule has 120 valence electrons. The second-order valence-electron chi connectivity index (χ2n) is 6.76. The molecule has 0 aliphatic carbocycles. The van der Waals surface area contributed by atoms with Crippen molar-refractivity contribution in [3.05, 3.63) is 0 Å². The number of carboxylic acid groups (broad SMARTS) is 1. The van der Waals surface area contributed by atoms with Crippen LogP contribution in [0.25, 0.3) is 0 Å². The molecule has 0 spiro atoms. The van der Waals surface area contributed by atoms with Crippen molar-refractivity contribution >= 4 is 12.0 Å². The molecule has 6 heteroatoms. The summed E-state index contributed by atoms with van der Waals surface area (Å²) < 4.78 is 0. The lowest BCUT2D eigenvalue weighted by Gasteiger charge is -2.42. The molecule has 0 radical (unpaired) electrons. The van der Waals surface area contributed by atoms with Gasteiger partial charge in [0.1, 0.15) is 6.04 Å². The zero-order chi connectivity index (χ0) is 15.6. The summed E-state index contributed by atoms with van der Waals surface area (Å²) in [6.45, 7) is 8.67. The molecule has 2 aliphatic heterocycles. The van der Waals surface area contributed by atoms with Gasteiger partial charge in [-0.1, -0.05) is 13.8 Å². The maximum atomic E-state index is 12.4. The number of rotatable bonds is 4. The second-order valence-corrected chi connectivity index (χ2v) is 6.76. The van der Waals surface area contributed by atoms with Gasteiger partial charge in [-0.25, -0.2) is 9.59 Å². The van der Waals surface area contributed by atoms with Gasteiger partial charge in [0.05, 0.1) is 0 Å². The van der Waals surface area contributed by atoms with Gasteiger partial charge in [0, 0.05) is 25.2 Å². The Morgan fingerprint density at radius 3 is 2.67 bits per heavy atom. The molecule has 0 aromatic carbocycles. The van der Waals surface area contributed by atoms with Crippen LogP contribution in [0, 0.1) is 5.92 Å². The van der Waals surface area contributed by atoms with E-state index in [1.54, 1.807) is 0 Å². The van der Waals surface area contributed by atoms with Crippen molar-refractivity contribution in [3.8, 4) is 0 Å². The average molecular weight is 297 g/mol. The summed E-state index contributed by atoms with van der Waals surface area (Å²) in [5, 5.41) is 11.9. The van der Waals surface area contributed by atoms with Gasteiger partial charge in [0.2, 0.25) is 0 Å². The number of hydrogen-bond acceptors (Lipinski definition) is 3. The number of carboxylic acids is 1. The zero-order valence-electron chi connectivity index (χ0n) is 13.2. The lowest BCUT2D eigenvalue weighted by Crippen LogP contribution is -2.60. The Morgan fingerprint density at radius 2 is 2.05 bits per heavy atom. The van der Waals surface area contributed by atoms with E-state index in [1.807, 2.05) is 25.7 Å². The van der Waals surface area contributed by atoms with Gasteiger partial charge < -0.3 is 15.3 Å². The number of nitrogens with zero attached hydrogens (tertiary/aromatic N) is 2. The first-order valence-electron chi connectivity index (χ1n) is 7.92. The van der Waals surface area contributed by atoms with Crippen LogP contribution >= 0.6 is 0 Å². The van der Waals surface area contributed by atoms with Crippen LogP contribution in [0.2, 0.25) is 0 Å². The number of urea groups is 1. The molecule has 2 saturated heterocycles. The number of piperazine rings is 1. The van der Waals surface area contributed by atoms with E-state index >= 15 is 0 Å². The van der Waals surface area contributed by atoms with Crippen LogP contribution in [0.5, 0.6) is 0 Å². The van der Waals surface area contributed by atoms with E-state index in [9.17, 15) is 14.7 Å². The molecular formula is C15H27N3O3. The Bertz CT molecular complexity index is 400. The fourth-order valence-corrected chi connectivity index (χ4v) is 3.40. The average Bonchev–Trinajstić information content (AvgIpc) is 2.83. The summed E-state index contributed by atoms with van der Waals surface area (Å²) >= 11 is 0. The van der Waals surface area contributed by atoms with Crippen LogP contribution in [0.4, 0.5) is 4.79 Å². The van der Waals surface area contributed by atoms with Gasteiger partial charge in [-0.05, 0) is 38.6 Å². The minimum atomic E-state index is -0.954. The number of aliphatic carboxylic acids is 1. The van der Waals surface area contributed by atoms with Gasteiger partial charge in [0.25, 0.3) is 0 Å². The summed E-state index contributed by atoms with van der Waals surface area (Å²) in [5.41, 5.74) is 0. The van der Waals surface area contributed by atoms with Crippen LogP contribution < -0.4 is 5.32 Å². The second kappa shape index (κ2) is 6.64. The molecule has 0 bridgehead atoms. The predicted molar refractivity (Wildman–Crippen MR) is 80.2 cm³/mol. The summed E-state index contributed by atoms with van der Waals surface area (Å²) in [6.07, 6.45) is 2.78. The molecule has 3 atom stereocenters. The Labute approximate surface area is 126 Å². The molecule has 2 heterocycles. The van der Waals surface area contributed by atoms with Gasteiger partial charge in [0.15, 0.2) is 0 Å². The third kappa shape index (κ3) is 3.87. The molecule has 21 heavy (non-hydrogen) atoms. The summed E-state index contributed by atoms with van der Waals surface area (Å²) in [6, 6.07) is -0.457. The molecule has 2 N–H and O–H groups in total. The largest absolute Gasteiger partial charge is 0.480 e. The smallest absolute Gasteiger partial charge is 0.326 e. The van der Waals surface area contributed by atoms with E-state index in [2.05, 4.69) is 10.2 Å². The number of carbonyl (C=O) groups is 2. The topological polar surface area (TPSA) is 72.9 Å². The van der Waals surface area contributed by atoms with Gasteiger partial charge >= 0.3 is 12.0 Å². The highest BCUT2D eigenvalue weighted by molar-refractivity contribution is 5.82. The number of carbonyl (C=O) groups excluding carboxylic acids is 1. The third-order valence-corrected chi connectivity index (χ3v) is 4.50. The van der Waals surface area contributed by atoms with Gasteiger partial charge in [-0.3, -0.25) is 4.90 Å². The van der Waals surface area contributed by atoms with E-state index in [0.717, 1.165) is 19.5 Å². The van der Waals surface area contributed by atoms with E-state index in [4.69, 9.17) is 0 Å². The minimum absolute atomic E-state index is 0.132. The monoisotopic (exact) mass is 297 g/mol. The van der Waals surface area contributed by atoms with Crippen molar-refractivity contribution < 1.29 is 14.7 Å². The van der Waals surface area contributed by atoms with E-state index in [1.165, 1.54) is 6.42 Å². The Kier molecular flexibility index (Phi) is 5.08. The number of hydrogen-bond donors (Lipinski definition) is 2. The van der Waals surface area contributed by atoms with Crippen molar-refractivity contribution in [1.82, 2.24) is 15.1 Å². The highest BCUT2D eigenvalue weighted by atomic mass is 16.4. The van der Waals surface area contributed by atoms with Crippen molar-refractivity contribution in [2.24, 2.45) is 5.92 Å². The normalized spacial score (nSPS) is 27.5.